The molecule has 0 radical (unpaired) electrons. The van der Waals surface area contributed by atoms with Crippen molar-refractivity contribution >= 4 is 21.4 Å². The minimum Gasteiger partial charge on any atom is -0.314 e. The highest BCUT2D eigenvalue weighted by Gasteiger charge is 2.26. The van der Waals surface area contributed by atoms with Gasteiger partial charge < -0.3 is 5.32 Å². The van der Waals surface area contributed by atoms with Crippen LogP contribution in [0.4, 0.5) is 0 Å². The van der Waals surface area contributed by atoms with Crippen molar-refractivity contribution in [2.45, 2.75) is 4.21 Å². The lowest BCUT2D eigenvalue weighted by Gasteiger charge is -2.25. The van der Waals surface area contributed by atoms with Crippen molar-refractivity contribution in [1.29, 1.82) is 0 Å². The summed E-state index contributed by atoms with van der Waals surface area (Å²) in [5.41, 5.74) is 0. The Kier molecular flexibility index (Phi) is 2.87. The predicted molar refractivity (Wildman–Crippen MR) is 55.9 cm³/mol. The Morgan fingerprint density at radius 1 is 1.36 bits per heavy atom. The second-order valence-corrected chi connectivity index (χ2v) is 6.20. The minimum absolute atomic E-state index is 0.444. The van der Waals surface area contributed by atoms with Crippen LogP contribution in [-0.2, 0) is 10.0 Å². The topological polar surface area (TPSA) is 49.4 Å². The van der Waals surface area contributed by atoms with Crippen molar-refractivity contribution in [2.24, 2.45) is 0 Å². The van der Waals surface area contributed by atoms with Gasteiger partial charge >= 0.3 is 0 Å². The molecule has 1 saturated heterocycles. The molecule has 0 saturated carbocycles. The van der Waals surface area contributed by atoms with Crippen molar-refractivity contribution in [1.82, 2.24) is 9.62 Å². The first-order valence-electron chi connectivity index (χ1n) is 4.45. The fourth-order valence-electron chi connectivity index (χ4n) is 1.42. The monoisotopic (exact) mass is 232 g/mol. The van der Waals surface area contributed by atoms with Gasteiger partial charge in [-0.05, 0) is 11.4 Å². The van der Waals surface area contributed by atoms with E-state index >= 15 is 0 Å². The SMILES string of the molecule is O=S(=O)(c1cccs1)N1CCNCC1. The summed E-state index contributed by atoms with van der Waals surface area (Å²) in [6, 6.07) is 3.42. The molecular weight excluding hydrogens is 220 g/mol. The highest BCUT2D eigenvalue weighted by atomic mass is 32.2. The third-order valence-corrected chi connectivity index (χ3v) is 5.44. The zero-order chi connectivity index (χ0) is 10.0. The van der Waals surface area contributed by atoms with Crippen LogP contribution in [-0.4, -0.2) is 38.9 Å². The molecule has 78 valence electrons. The maximum absolute atomic E-state index is 12.0. The molecular formula is C8H12N2O2S2. The Morgan fingerprint density at radius 2 is 2.07 bits per heavy atom. The van der Waals surface area contributed by atoms with Gasteiger partial charge in [-0.15, -0.1) is 11.3 Å². The molecule has 0 bridgehead atoms. The Bertz CT molecular complexity index is 379. The van der Waals surface area contributed by atoms with E-state index in [0.29, 0.717) is 17.3 Å². The molecule has 6 heteroatoms. The van der Waals surface area contributed by atoms with Crippen molar-refractivity contribution < 1.29 is 8.42 Å². The summed E-state index contributed by atoms with van der Waals surface area (Å²) in [4.78, 5) is 0. The summed E-state index contributed by atoms with van der Waals surface area (Å²) >= 11 is 1.27. The van der Waals surface area contributed by atoms with Crippen LogP contribution >= 0.6 is 11.3 Å². The van der Waals surface area contributed by atoms with E-state index < -0.39 is 10.0 Å². The maximum Gasteiger partial charge on any atom is 0.252 e. The van der Waals surface area contributed by atoms with E-state index in [0.717, 1.165) is 13.1 Å². The molecule has 14 heavy (non-hydrogen) atoms. The summed E-state index contributed by atoms with van der Waals surface area (Å²) in [6.07, 6.45) is 0. The first kappa shape index (κ1) is 10.1. The summed E-state index contributed by atoms with van der Waals surface area (Å²) in [6.45, 7) is 2.62. The summed E-state index contributed by atoms with van der Waals surface area (Å²) in [5, 5.41) is 4.92. The number of nitrogens with one attached hydrogen (secondary N) is 1. The van der Waals surface area contributed by atoms with Crippen molar-refractivity contribution in [3.63, 3.8) is 0 Å². The molecule has 1 aliphatic rings. The molecule has 1 aromatic rings. The lowest BCUT2D eigenvalue weighted by molar-refractivity contribution is 0.361. The molecule has 0 spiro atoms. The van der Waals surface area contributed by atoms with Gasteiger partial charge in [-0.1, -0.05) is 6.07 Å². The fourth-order valence-corrected chi connectivity index (χ4v) is 4.01. The van der Waals surface area contributed by atoms with Gasteiger partial charge in [-0.2, -0.15) is 4.31 Å². The van der Waals surface area contributed by atoms with Gasteiger partial charge in [0.25, 0.3) is 10.0 Å². The highest BCUT2D eigenvalue weighted by Crippen LogP contribution is 2.20. The van der Waals surface area contributed by atoms with Crippen LogP contribution in [0.15, 0.2) is 21.7 Å². The van der Waals surface area contributed by atoms with Crippen molar-refractivity contribution in [2.75, 3.05) is 26.2 Å². The zero-order valence-corrected chi connectivity index (χ0v) is 9.27. The van der Waals surface area contributed by atoms with Crippen LogP contribution in [0.5, 0.6) is 0 Å². The van der Waals surface area contributed by atoms with Crippen molar-refractivity contribution in [3.05, 3.63) is 17.5 Å². The van der Waals surface area contributed by atoms with Crippen LogP contribution in [0.3, 0.4) is 0 Å². The van der Waals surface area contributed by atoms with E-state index in [4.69, 9.17) is 0 Å². The molecule has 4 nitrogen and oxygen atoms in total. The van der Waals surface area contributed by atoms with Gasteiger partial charge in [0.15, 0.2) is 0 Å². The van der Waals surface area contributed by atoms with Gasteiger partial charge in [-0.3, -0.25) is 0 Å². The van der Waals surface area contributed by atoms with Gasteiger partial charge in [0, 0.05) is 26.2 Å². The molecule has 1 aliphatic heterocycles. The molecule has 1 aromatic heterocycles. The predicted octanol–water partition coefficient (Wildman–Crippen LogP) is 0.342. The van der Waals surface area contributed by atoms with Crippen LogP contribution in [0.2, 0.25) is 0 Å². The first-order valence-corrected chi connectivity index (χ1v) is 6.77. The third kappa shape index (κ3) is 1.83. The van der Waals surface area contributed by atoms with Crippen LogP contribution < -0.4 is 5.32 Å². The van der Waals surface area contributed by atoms with Gasteiger partial charge in [0.1, 0.15) is 4.21 Å². The largest absolute Gasteiger partial charge is 0.314 e. The van der Waals surface area contributed by atoms with Gasteiger partial charge in [-0.25, -0.2) is 8.42 Å². The normalized spacial score (nSPS) is 19.7. The Morgan fingerprint density at radius 3 is 2.64 bits per heavy atom. The second-order valence-electron chi connectivity index (χ2n) is 3.09. The van der Waals surface area contributed by atoms with E-state index in [1.165, 1.54) is 15.6 Å². The molecule has 1 fully saturated rings. The average molecular weight is 232 g/mol. The molecule has 0 atom stereocenters. The van der Waals surface area contributed by atoms with E-state index in [1.807, 2.05) is 0 Å². The van der Waals surface area contributed by atoms with E-state index in [2.05, 4.69) is 5.32 Å². The third-order valence-electron chi connectivity index (χ3n) is 2.17. The highest BCUT2D eigenvalue weighted by molar-refractivity contribution is 7.91. The smallest absolute Gasteiger partial charge is 0.252 e. The number of piperazine rings is 1. The van der Waals surface area contributed by atoms with Crippen molar-refractivity contribution in [3.8, 4) is 0 Å². The Hall–Kier alpha value is -0.430. The Balaban J connectivity index is 2.23. The van der Waals surface area contributed by atoms with Gasteiger partial charge in [0.05, 0.1) is 0 Å². The number of thiophene rings is 1. The molecule has 0 aromatic carbocycles. The summed E-state index contributed by atoms with van der Waals surface area (Å²) < 4.78 is 25.9. The first-order chi connectivity index (χ1) is 6.71. The minimum atomic E-state index is -3.21. The number of hydrogen-bond donors (Lipinski definition) is 1. The maximum atomic E-state index is 12.0. The molecule has 2 rings (SSSR count). The summed E-state index contributed by atoms with van der Waals surface area (Å²) in [7, 11) is -3.21. The van der Waals surface area contributed by atoms with Crippen LogP contribution in [0.25, 0.3) is 0 Å². The molecule has 0 amide bonds. The molecule has 0 unspecified atom stereocenters. The quantitative estimate of drug-likeness (QED) is 0.800. The van der Waals surface area contributed by atoms with Crippen LogP contribution in [0.1, 0.15) is 0 Å². The summed E-state index contributed by atoms with van der Waals surface area (Å²) in [5.74, 6) is 0. The van der Waals surface area contributed by atoms with E-state index in [-0.39, 0.29) is 0 Å². The van der Waals surface area contributed by atoms with E-state index in [9.17, 15) is 8.42 Å². The van der Waals surface area contributed by atoms with E-state index in [1.54, 1.807) is 17.5 Å². The number of hydrogen-bond acceptors (Lipinski definition) is 4. The van der Waals surface area contributed by atoms with Gasteiger partial charge in [0.2, 0.25) is 0 Å². The zero-order valence-electron chi connectivity index (χ0n) is 7.64. The lowest BCUT2D eigenvalue weighted by Crippen LogP contribution is -2.46. The second kappa shape index (κ2) is 3.98. The molecule has 1 N–H and O–H groups in total. The average Bonchev–Trinajstić information content (AvgIpc) is 2.72. The fraction of sp³-hybridized carbons (Fsp3) is 0.500. The lowest BCUT2D eigenvalue weighted by atomic mass is 10.4. The number of nitrogens with zero attached hydrogens (tertiary/aromatic N) is 1. The molecule has 0 aliphatic carbocycles. The number of rotatable bonds is 2. The van der Waals surface area contributed by atoms with Crippen LogP contribution in [0, 0.1) is 0 Å². The standard InChI is InChI=1S/C8H12N2O2S2/c11-14(12,8-2-1-7-13-8)10-5-3-9-4-6-10/h1-2,7,9H,3-6H2. The molecule has 2 heterocycles. The Labute approximate surface area is 87.6 Å². The number of sulfonamides is 1.